The Labute approximate surface area is 146 Å². The Morgan fingerprint density at radius 2 is 2.25 bits per heavy atom. The Bertz CT molecular complexity index is 513. The van der Waals surface area contributed by atoms with Crippen molar-refractivity contribution in [2.75, 3.05) is 40.5 Å². The van der Waals surface area contributed by atoms with Crippen LogP contribution >= 0.6 is 0 Å². The molecule has 1 aromatic carbocycles. The standard InChI is InChI=1S/C19H31N3O2/c1-16-8-4-5-9-17(16)14-22(3)19(20-2)21-11-7-12-23-15-18-10-6-13-24-18/h4-5,8-9,18H,6-7,10-15H2,1-3H3,(H,20,21). The van der Waals surface area contributed by atoms with Crippen molar-refractivity contribution < 1.29 is 9.47 Å². The van der Waals surface area contributed by atoms with E-state index in [1.807, 2.05) is 7.05 Å². The molecular weight excluding hydrogens is 302 g/mol. The maximum atomic E-state index is 5.69. The van der Waals surface area contributed by atoms with E-state index in [0.29, 0.717) is 6.10 Å². The minimum atomic E-state index is 0.311. The average molecular weight is 333 g/mol. The molecule has 0 radical (unpaired) electrons. The van der Waals surface area contributed by atoms with E-state index < -0.39 is 0 Å². The lowest BCUT2D eigenvalue weighted by molar-refractivity contribution is 0.0168. The zero-order valence-corrected chi connectivity index (χ0v) is 15.3. The van der Waals surface area contributed by atoms with E-state index in [1.165, 1.54) is 17.5 Å². The topological polar surface area (TPSA) is 46.1 Å². The van der Waals surface area contributed by atoms with E-state index in [2.05, 4.69) is 53.4 Å². The van der Waals surface area contributed by atoms with E-state index in [1.54, 1.807) is 0 Å². The SMILES string of the molecule is CN=C(NCCCOCC1CCCO1)N(C)Cc1ccccc1C. The number of nitrogens with one attached hydrogen (secondary N) is 1. The molecule has 1 saturated heterocycles. The number of aryl methyl sites for hydroxylation is 1. The van der Waals surface area contributed by atoms with Crippen molar-refractivity contribution in [2.45, 2.75) is 38.8 Å². The molecule has 0 saturated carbocycles. The van der Waals surface area contributed by atoms with Crippen LogP contribution in [0, 0.1) is 6.92 Å². The summed E-state index contributed by atoms with van der Waals surface area (Å²) in [6.07, 6.45) is 3.57. The molecule has 24 heavy (non-hydrogen) atoms. The minimum Gasteiger partial charge on any atom is -0.379 e. The summed E-state index contributed by atoms with van der Waals surface area (Å²) in [5.74, 6) is 0.914. The molecule has 0 aromatic heterocycles. The van der Waals surface area contributed by atoms with Crippen LogP contribution in [0.5, 0.6) is 0 Å². The fraction of sp³-hybridized carbons (Fsp3) is 0.632. The Morgan fingerprint density at radius 1 is 1.42 bits per heavy atom. The molecule has 0 bridgehead atoms. The first kappa shape index (κ1) is 18.7. The van der Waals surface area contributed by atoms with Gasteiger partial charge >= 0.3 is 0 Å². The largest absolute Gasteiger partial charge is 0.379 e. The van der Waals surface area contributed by atoms with Crippen LogP contribution in [-0.4, -0.2) is 57.4 Å². The van der Waals surface area contributed by atoms with Gasteiger partial charge in [0.05, 0.1) is 12.7 Å². The van der Waals surface area contributed by atoms with Crippen molar-refractivity contribution in [3.8, 4) is 0 Å². The molecule has 1 N–H and O–H groups in total. The molecule has 1 aliphatic heterocycles. The highest BCUT2D eigenvalue weighted by Crippen LogP contribution is 2.12. The summed E-state index contributed by atoms with van der Waals surface area (Å²) in [5, 5.41) is 3.40. The lowest BCUT2D eigenvalue weighted by atomic mass is 10.1. The van der Waals surface area contributed by atoms with Crippen molar-refractivity contribution in [3.63, 3.8) is 0 Å². The summed E-state index contributed by atoms with van der Waals surface area (Å²) in [6.45, 7) is 6.22. The predicted octanol–water partition coefficient (Wildman–Crippen LogP) is 2.59. The van der Waals surface area contributed by atoms with Gasteiger partial charge in [-0.1, -0.05) is 24.3 Å². The highest BCUT2D eigenvalue weighted by Gasteiger charge is 2.15. The van der Waals surface area contributed by atoms with Crippen LogP contribution in [-0.2, 0) is 16.0 Å². The smallest absolute Gasteiger partial charge is 0.193 e. The third-order valence-electron chi connectivity index (χ3n) is 4.32. The number of hydrogen-bond donors (Lipinski definition) is 1. The van der Waals surface area contributed by atoms with Gasteiger partial charge in [0.25, 0.3) is 0 Å². The van der Waals surface area contributed by atoms with Crippen LogP contribution in [0.3, 0.4) is 0 Å². The van der Waals surface area contributed by atoms with Gasteiger partial charge in [-0.2, -0.15) is 0 Å². The fourth-order valence-electron chi connectivity index (χ4n) is 2.87. The molecule has 1 aliphatic rings. The molecule has 134 valence electrons. The van der Waals surface area contributed by atoms with E-state index in [9.17, 15) is 0 Å². The lowest BCUT2D eigenvalue weighted by Crippen LogP contribution is -2.39. The van der Waals surface area contributed by atoms with Crippen LogP contribution in [0.2, 0.25) is 0 Å². The molecular formula is C19H31N3O2. The van der Waals surface area contributed by atoms with E-state index >= 15 is 0 Å². The number of nitrogens with zero attached hydrogens (tertiary/aromatic N) is 2. The summed E-state index contributed by atoms with van der Waals surface area (Å²) in [5.41, 5.74) is 2.63. The summed E-state index contributed by atoms with van der Waals surface area (Å²) in [7, 11) is 3.89. The zero-order chi connectivity index (χ0) is 17.2. The Hall–Kier alpha value is -1.59. The van der Waals surface area contributed by atoms with Crippen molar-refractivity contribution in [1.82, 2.24) is 10.2 Å². The first-order valence-corrected chi connectivity index (χ1v) is 8.86. The van der Waals surface area contributed by atoms with Crippen LogP contribution < -0.4 is 5.32 Å². The van der Waals surface area contributed by atoms with Gasteiger partial charge in [0.2, 0.25) is 0 Å². The highest BCUT2D eigenvalue weighted by molar-refractivity contribution is 5.79. The first-order chi connectivity index (χ1) is 11.7. The molecule has 5 heteroatoms. The van der Waals surface area contributed by atoms with Gasteiger partial charge in [-0.15, -0.1) is 0 Å². The molecule has 5 nitrogen and oxygen atoms in total. The number of hydrogen-bond acceptors (Lipinski definition) is 3. The van der Waals surface area contributed by atoms with Gasteiger partial charge in [-0.3, -0.25) is 4.99 Å². The van der Waals surface area contributed by atoms with Crippen LogP contribution in [0.1, 0.15) is 30.4 Å². The number of rotatable bonds is 8. The highest BCUT2D eigenvalue weighted by atomic mass is 16.5. The van der Waals surface area contributed by atoms with Gasteiger partial charge in [-0.25, -0.2) is 0 Å². The lowest BCUT2D eigenvalue weighted by Gasteiger charge is -2.23. The average Bonchev–Trinajstić information content (AvgIpc) is 3.09. The number of aliphatic imine (C=N–C) groups is 1. The molecule has 0 aliphatic carbocycles. The number of benzene rings is 1. The van der Waals surface area contributed by atoms with Crippen LogP contribution in [0.4, 0.5) is 0 Å². The Morgan fingerprint density at radius 3 is 2.96 bits per heavy atom. The monoisotopic (exact) mass is 333 g/mol. The van der Waals surface area contributed by atoms with Gasteiger partial charge in [0, 0.05) is 40.4 Å². The first-order valence-electron chi connectivity index (χ1n) is 8.86. The molecule has 1 unspecified atom stereocenters. The van der Waals surface area contributed by atoms with Crippen LogP contribution in [0.25, 0.3) is 0 Å². The maximum absolute atomic E-state index is 5.69. The second-order valence-electron chi connectivity index (χ2n) is 6.32. The summed E-state index contributed by atoms with van der Waals surface area (Å²) in [6, 6.07) is 8.46. The zero-order valence-electron chi connectivity index (χ0n) is 15.3. The fourth-order valence-corrected chi connectivity index (χ4v) is 2.87. The summed E-state index contributed by atoms with van der Waals surface area (Å²) < 4.78 is 11.2. The Balaban J connectivity index is 1.63. The second-order valence-corrected chi connectivity index (χ2v) is 6.32. The number of guanidine groups is 1. The number of ether oxygens (including phenoxy) is 2. The molecule has 1 atom stereocenters. The van der Waals surface area contributed by atoms with E-state index in [0.717, 1.165) is 51.7 Å². The third kappa shape index (κ3) is 6.13. The maximum Gasteiger partial charge on any atom is 0.193 e. The van der Waals surface area contributed by atoms with Crippen molar-refractivity contribution in [1.29, 1.82) is 0 Å². The summed E-state index contributed by atoms with van der Waals surface area (Å²) in [4.78, 5) is 6.51. The molecule has 1 fully saturated rings. The minimum absolute atomic E-state index is 0.311. The molecule has 2 rings (SSSR count). The molecule has 0 amide bonds. The van der Waals surface area contributed by atoms with Gasteiger partial charge in [-0.05, 0) is 37.3 Å². The van der Waals surface area contributed by atoms with Gasteiger partial charge in [0.15, 0.2) is 5.96 Å². The predicted molar refractivity (Wildman–Crippen MR) is 98.4 cm³/mol. The normalized spacial score (nSPS) is 18.0. The third-order valence-corrected chi connectivity index (χ3v) is 4.32. The van der Waals surface area contributed by atoms with E-state index in [-0.39, 0.29) is 0 Å². The quantitative estimate of drug-likeness (QED) is 0.451. The molecule has 0 spiro atoms. The molecule has 1 heterocycles. The van der Waals surface area contributed by atoms with Crippen LogP contribution in [0.15, 0.2) is 29.3 Å². The van der Waals surface area contributed by atoms with Crippen molar-refractivity contribution >= 4 is 5.96 Å². The van der Waals surface area contributed by atoms with Crippen molar-refractivity contribution in [3.05, 3.63) is 35.4 Å². The van der Waals surface area contributed by atoms with Crippen molar-refractivity contribution in [2.24, 2.45) is 4.99 Å². The van der Waals surface area contributed by atoms with Gasteiger partial charge < -0.3 is 19.7 Å². The summed E-state index contributed by atoms with van der Waals surface area (Å²) >= 11 is 0. The van der Waals surface area contributed by atoms with E-state index in [4.69, 9.17) is 9.47 Å². The molecule has 1 aromatic rings. The Kier molecular flexibility index (Phi) is 8.05. The second kappa shape index (κ2) is 10.3. The van der Waals surface area contributed by atoms with Gasteiger partial charge in [0.1, 0.15) is 0 Å².